The van der Waals surface area contributed by atoms with Crippen LogP contribution in [-0.4, -0.2) is 24.0 Å². The number of pyridine rings is 1. The van der Waals surface area contributed by atoms with Crippen LogP contribution in [0.15, 0.2) is 54.9 Å². The standard InChI is InChI=1S/C21H17FN2O3/c1-27-21(26)13-4-2-12(3-5-13)16-10-17(16)20(25)24-18-7-6-14-11-23-9-8-15(14)19(18)22/h2-9,11,16-17H,10H2,1H3,(H,24,25)/t16?,17-/m1/s1. The Kier molecular flexibility index (Phi) is 4.32. The molecule has 0 spiro atoms. The number of fused-ring (bicyclic) bond motifs is 1. The van der Waals surface area contributed by atoms with Gasteiger partial charge in [-0.1, -0.05) is 18.2 Å². The lowest BCUT2D eigenvalue weighted by Gasteiger charge is -2.08. The molecule has 0 saturated heterocycles. The molecule has 136 valence electrons. The number of ether oxygens (including phenoxy) is 1. The Morgan fingerprint density at radius 3 is 2.67 bits per heavy atom. The smallest absolute Gasteiger partial charge is 0.337 e. The molecule has 0 bridgehead atoms. The molecule has 2 atom stereocenters. The van der Waals surface area contributed by atoms with Crippen LogP contribution in [0.1, 0.15) is 28.3 Å². The van der Waals surface area contributed by atoms with E-state index in [0.29, 0.717) is 22.8 Å². The molecule has 2 aromatic carbocycles. The van der Waals surface area contributed by atoms with Gasteiger partial charge in [0.1, 0.15) is 0 Å². The van der Waals surface area contributed by atoms with Gasteiger partial charge in [0.15, 0.2) is 5.82 Å². The lowest BCUT2D eigenvalue weighted by Crippen LogP contribution is -2.15. The van der Waals surface area contributed by atoms with Crippen molar-refractivity contribution in [2.45, 2.75) is 12.3 Å². The molecule has 1 heterocycles. The monoisotopic (exact) mass is 364 g/mol. The van der Waals surface area contributed by atoms with E-state index in [0.717, 1.165) is 5.56 Å². The predicted molar refractivity (Wildman–Crippen MR) is 99.0 cm³/mol. The summed E-state index contributed by atoms with van der Waals surface area (Å²) in [5, 5.41) is 3.80. The largest absolute Gasteiger partial charge is 0.465 e. The topological polar surface area (TPSA) is 68.3 Å². The van der Waals surface area contributed by atoms with Crippen LogP contribution in [0.4, 0.5) is 10.1 Å². The van der Waals surface area contributed by atoms with Crippen LogP contribution in [0.25, 0.3) is 10.8 Å². The second-order valence-electron chi connectivity index (χ2n) is 6.58. The molecule has 0 aliphatic heterocycles. The number of halogens is 1. The summed E-state index contributed by atoms with van der Waals surface area (Å²) in [4.78, 5) is 28.0. The first kappa shape index (κ1) is 17.1. The van der Waals surface area contributed by atoms with Crippen LogP contribution in [0.5, 0.6) is 0 Å². The zero-order chi connectivity index (χ0) is 19.0. The van der Waals surface area contributed by atoms with Gasteiger partial charge in [-0.3, -0.25) is 9.78 Å². The average Bonchev–Trinajstić information content (AvgIpc) is 3.51. The molecule has 1 N–H and O–H groups in total. The summed E-state index contributed by atoms with van der Waals surface area (Å²) in [5.74, 6) is -1.19. The Hall–Kier alpha value is -3.28. The van der Waals surface area contributed by atoms with Crippen molar-refractivity contribution in [3.63, 3.8) is 0 Å². The summed E-state index contributed by atoms with van der Waals surface area (Å²) in [6.45, 7) is 0. The number of methoxy groups -OCH3 is 1. The minimum Gasteiger partial charge on any atom is -0.465 e. The van der Waals surface area contributed by atoms with Gasteiger partial charge in [0, 0.05) is 29.1 Å². The Morgan fingerprint density at radius 2 is 1.93 bits per heavy atom. The van der Waals surface area contributed by atoms with Crippen LogP contribution >= 0.6 is 0 Å². The third-order valence-electron chi connectivity index (χ3n) is 4.90. The maximum atomic E-state index is 14.6. The van der Waals surface area contributed by atoms with E-state index in [4.69, 9.17) is 0 Å². The van der Waals surface area contributed by atoms with Crippen molar-refractivity contribution in [3.05, 3.63) is 71.8 Å². The van der Waals surface area contributed by atoms with Gasteiger partial charge < -0.3 is 10.1 Å². The quantitative estimate of drug-likeness (QED) is 0.713. The van der Waals surface area contributed by atoms with Crippen molar-refractivity contribution in [3.8, 4) is 0 Å². The maximum Gasteiger partial charge on any atom is 0.337 e. The van der Waals surface area contributed by atoms with Crippen molar-refractivity contribution >= 4 is 28.3 Å². The first-order valence-corrected chi connectivity index (χ1v) is 8.60. The minimum atomic E-state index is -0.456. The van der Waals surface area contributed by atoms with Crippen molar-refractivity contribution in [1.82, 2.24) is 4.98 Å². The number of carbonyl (C=O) groups is 2. The molecular weight excluding hydrogens is 347 g/mol. The van der Waals surface area contributed by atoms with Crippen molar-refractivity contribution in [2.75, 3.05) is 12.4 Å². The summed E-state index contributed by atoms with van der Waals surface area (Å²) in [6.07, 6.45) is 3.80. The van der Waals surface area contributed by atoms with Gasteiger partial charge in [-0.2, -0.15) is 0 Å². The Balaban J connectivity index is 1.46. The highest BCUT2D eigenvalue weighted by molar-refractivity contribution is 5.98. The molecular formula is C21H17FN2O3. The highest BCUT2D eigenvalue weighted by Crippen LogP contribution is 2.48. The van der Waals surface area contributed by atoms with Crippen LogP contribution < -0.4 is 5.32 Å². The molecule has 0 radical (unpaired) electrons. The number of benzene rings is 2. The number of nitrogens with zero attached hydrogens (tertiary/aromatic N) is 1. The van der Waals surface area contributed by atoms with Crippen LogP contribution in [0.3, 0.4) is 0 Å². The summed E-state index contributed by atoms with van der Waals surface area (Å²) >= 11 is 0. The van der Waals surface area contributed by atoms with Crippen molar-refractivity contribution in [2.24, 2.45) is 5.92 Å². The van der Waals surface area contributed by atoms with E-state index in [1.165, 1.54) is 13.3 Å². The number of anilines is 1. The fourth-order valence-electron chi connectivity index (χ4n) is 3.29. The lowest BCUT2D eigenvalue weighted by atomic mass is 10.1. The third kappa shape index (κ3) is 3.26. The molecule has 1 amide bonds. The molecule has 4 rings (SSSR count). The number of hydrogen-bond donors (Lipinski definition) is 1. The van der Waals surface area contributed by atoms with Crippen molar-refractivity contribution in [1.29, 1.82) is 0 Å². The average molecular weight is 364 g/mol. The van der Waals surface area contributed by atoms with Gasteiger partial charge >= 0.3 is 5.97 Å². The van der Waals surface area contributed by atoms with E-state index in [1.54, 1.807) is 36.5 Å². The molecule has 1 fully saturated rings. The number of carbonyl (C=O) groups excluding carboxylic acids is 2. The fourth-order valence-corrected chi connectivity index (χ4v) is 3.29. The number of rotatable bonds is 4. The predicted octanol–water partition coefficient (Wildman–Crippen LogP) is 3.90. The maximum absolute atomic E-state index is 14.6. The first-order chi connectivity index (χ1) is 13.1. The van der Waals surface area contributed by atoms with E-state index >= 15 is 0 Å². The molecule has 1 saturated carbocycles. The summed E-state index contributed by atoms with van der Waals surface area (Å²) in [5.41, 5.74) is 1.62. The van der Waals surface area contributed by atoms with Gasteiger partial charge in [0.2, 0.25) is 5.91 Å². The Morgan fingerprint density at radius 1 is 1.15 bits per heavy atom. The van der Waals surface area contributed by atoms with Crippen LogP contribution in [0.2, 0.25) is 0 Å². The van der Waals surface area contributed by atoms with E-state index in [2.05, 4.69) is 15.0 Å². The van der Waals surface area contributed by atoms with Gasteiger partial charge in [0.25, 0.3) is 0 Å². The Bertz CT molecular complexity index is 1030. The van der Waals surface area contributed by atoms with Gasteiger partial charge in [0.05, 0.1) is 18.4 Å². The number of esters is 1. The molecule has 1 unspecified atom stereocenters. The molecule has 3 aromatic rings. The fraction of sp³-hybridized carbons (Fsp3) is 0.190. The van der Waals surface area contributed by atoms with Gasteiger partial charge in [-0.15, -0.1) is 0 Å². The lowest BCUT2D eigenvalue weighted by molar-refractivity contribution is -0.117. The molecule has 5 nitrogen and oxygen atoms in total. The first-order valence-electron chi connectivity index (χ1n) is 8.60. The van der Waals surface area contributed by atoms with Crippen molar-refractivity contribution < 1.29 is 18.7 Å². The molecule has 27 heavy (non-hydrogen) atoms. The second-order valence-corrected chi connectivity index (χ2v) is 6.58. The summed E-state index contributed by atoms with van der Waals surface area (Å²) < 4.78 is 19.3. The molecule has 1 aromatic heterocycles. The van der Waals surface area contributed by atoms with Gasteiger partial charge in [-0.05, 0) is 42.2 Å². The number of aromatic nitrogens is 1. The van der Waals surface area contributed by atoms with Gasteiger partial charge in [-0.25, -0.2) is 9.18 Å². The second kappa shape index (κ2) is 6.79. The van der Waals surface area contributed by atoms with Crippen LogP contribution in [-0.2, 0) is 9.53 Å². The number of amides is 1. The Labute approximate surface area is 155 Å². The zero-order valence-electron chi connectivity index (χ0n) is 14.6. The number of hydrogen-bond acceptors (Lipinski definition) is 4. The summed E-state index contributed by atoms with van der Waals surface area (Å²) in [7, 11) is 1.33. The highest BCUT2D eigenvalue weighted by Gasteiger charge is 2.44. The van der Waals surface area contributed by atoms with E-state index in [1.807, 2.05) is 12.1 Å². The normalized spacial score (nSPS) is 18.1. The van der Waals surface area contributed by atoms with E-state index in [-0.39, 0.29) is 23.4 Å². The molecule has 1 aliphatic carbocycles. The van der Waals surface area contributed by atoms with E-state index in [9.17, 15) is 14.0 Å². The SMILES string of the molecule is COC(=O)c1ccc(C2C[C@H]2C(=O)Nc2ccc3cnccc3c2F)cc1. The highest BCUT2D eigenvalue weighted by atomic mass is 19.1. The zero-order valence-corrected chi connectivity index (χ0v) is 14.6. The molecule has 6 heteroatoms. The van der Waals surface area contributed by atoms with E-state index < -0.39 is 11.8 Å². The third-order valence-corrected chi connectivity index (χ3v) is 4.90. The van der Waals surface area contributed by atoms with Crippen LogP contribution in [0, 0.1) is 11.7 Å². The minimum absolute atomic E-state index is 0.0735. The summed E-state index contributed by atoms with van der Waals surface area (Å²) in [6, 6.07) is 11.9. The number of nitrogens with one attached hydrogen (secondary N) is 1. The molecule has 1 aliphatic rings.